The van der Waals surface area contributed by atoms with Crippen molar-refractivity contribution in [2.24, 2.45) is 0 Å². The predicted octanol–water partition coefficient (Wildman–Crippen LogP) is 4.28. The number of hydrogen-bond acceptors (Lipinski definition) is 5. The highest BCUT2D eigenvalue weighted by Gasteiger charge is 2.19. The third-order valence-corrected chi connectivity index (χ3v) is 6.36. The second-order valence-electron chi connectivity index (χ2n) is 7.56. The fraction of sp³-hybridized carbons (Fsp3) is 0.375. The van der Waals surface area contributed by atoms with E-state index < -0.39 is 0 Å². The van der Waals surface area contributed by atoms with Crippen molar-refractivity contribution < 1.29 is 9.53 Å². The summed E-state index contributed by atoms with van der Waals surface area (Å²) in [5.41, 5.74) is 1.20. The van der Waals surface area contributed by atoms with Crippen LogP contribution >= 0.6 is 11.8 Å². The summed E-state index contributed by atoms with van der Waals surface area (Å²) in [5.74, 6) is 1.12. The predicted molar refractivity (Wildman–Crippen MR) is 124 cm³/mol. The molecule has 0 atom stereocenters. The number of thioether (sulfide) groups is 1. The molecular formula is C24H27N3O3S. The van der Waals surface area contributed by atoms with Gasteiger partial charge >= 0.3 is 0 Å². The third kappa shape index (κ3) is 4.93. The molecule has 3 aromatic rings. The minimum Gasteiger partial charge on any atom is -0.494 e. The number of rotatable bonds is 6. The monoisotopic (exact) mass is 437 g/mol. The van der Waals surface area contributed by atoms with Gasteiger partial charge in [-0.15, -0.1) is 0 Å². The molecule has 162 valence electrons. The number of ether oxygens (including phenoxy) is 1. The molecule has 0 saturated carbocycles. The van der Waals surface area contributed by atoms with Gasteiger partial charge in [-0.25, -0.2) is 4.98 Å². The Labute approximate surface area is 186 Å². The number of likely N-dealkylation sites (tertiary alicyclic amines) is 1. The first-order valence-electron chi connectivity index (χ1n) is 10.8. The van der Waals surface area contributed by atoms with E-state index in [1.165, 1.54) is 24.6 Å². The number of nitrogens with zero attached hydrogens (tertiary/aromatic N) is 3. The zero-order valence-corrected chi connectivity index (χ0v) is 18.6. The van der Waals surface area contributed by atoms with Gasteiger partial charge in [-0.05, 0) is 56.2 Å². The molecule has 6 nitrogen and oxygen atoms in total. The van der Waals surface area contributed by atoms with Gasteiger partial charge < -0.3 is 9.64 Å². The van der Waals surface area contributed by atoms with Crippen LogP contribution in [0.2, 0.25) is 0 Å². The number of hydrogen-bond donors (Lipinski definition) is 0. The van der Waals surface area contributed by atoms with E-state index in [4.69, 9.17) is 9.72 Å². The number of benzene rings is 2. The Balaban J connectivity index is 1.67. The van der Waals surface area contributed by atoms with Gasteiger partial charge in [-0.1, -0.05) is 36.7 Å². The maximum Gasteiger partial charge on any atom is 0.266 e. The van der Waals surface area contributed by atoms with Crippen LogP contribution in [0.4, 0.5) is 0 Å². The number of para-hydroxylation sites is 1. The fourth-order valence-electron chi connectivity index (χ4n) is 3.83. The highest BCUT2D eigenvalue weighted by Crippen LogP contribution is 2.23. The van der Waals surface area contributed by atoms with Gasteiger partial charge in [0.2, 0.25) is 5.91 Å². The fourth-order valence-corrected chi connectivity index (χ4v) is 4.75. The van der Waals surface area contributed by atoms with Crippen molar-refractivity contribution in [2.45, 2.75) is 37.8 Å². The maximum atomic E-state index is 13.3. The molecule has 0 aliphatic carbocycles. The van der Waals surface area contributed by atoms with E-state index in [2.05, 4.69) is 0 Å². The lowest BCUT2D eigenvalue weighted by molar-refractivity contribution is -0.128. The average Bonchev–Trinajstić information content (AvgIpc) is 3.08. The minimum absolute atomic E-state index is 0.104. The first-order valence-corrected chi connectivity index (χ1v) is 11.8. The van der Waals surface area contributed by atoms with Crippen LogP contribution in [-0.4, -0.2) is 45.8 Å². The molecular weight excluding hydrogens is 410 g/mol. The third-order valence-electron chi connectivity index (χ3n) is 5.43. The van der Waals surface area contributed by atoms with Gasteiger partial charge in [0.15, 0.2) is 5.16 Å². The largest absolute Gasteiger partial charge is 0.494 e. The molecule has 0 radical (unpaired) electrons. The highest BCUT2D eigenvalue weighted by molar-refractivity contribution is 7.99. The number of amides is 1. The molecule has 1 fully saturated rings. The van der Waals surface area contributed by atoms with Gasteiger partial charge in [0, 0.05) is 13.1 Å². The summed E-state index contributed by atoms with van der Waals surface area (Å²) < 4.78 is 7.12. The second kappa shape index (κ2) is 10.0. The molecule has 0 unspecified atom stereocenters. The second-order valence-corrected chi connectivity index (χ2v) is 8.51. The van der Waals surface area contributed by atoms with Crippen LogP contribution in [0.15, 0.2) is 58.5 Å². The van der Waals surface area contributed by atoms with Crippen LogP contribution in [0.1, 0.15) is 32.6 Å². The van der Waals surface area contributed by atoms with Gasteiger partial charge in [0.05, 0.1) is 29.0 Å². The quantitative estimate of drug-likeness (QED) is 0.425. The van der Waals surface area contributed by atoms with E-state index >= 15 is 0 Å². The molecule has 2 heterocycles. The molecule has 1 amide bonds. The molecule has 1 saturated heterocycles. The van der Waals surface area contributed by atoms with Gasteiger partial charge in [-0.2, -0.15) is 0 Å². The van der Waals surface area contributed by atoms with E-state index in [0.29, 0.717) is 28.4 Å². The van der Waals surface area contributed by atoms with Crippen LogP contribution < -0.4 is 10.3 Å². The highest BCUT2D eigenvalue weighted by atomic mass is 32.2. The summed E-state index contributed by atoms with van der Waals surface area (Å²) >= 11 is 1.32. The van der Waals surface area contributed by atoms with Gasteiger partial charge in [0.1, 0.15) is 5.75 Å². The Hall–Kier alpha value is -2.80. The standard InChI is InChI=1S/C24H27N3O3S/c1-2-30-19-13-11-18(12-14-19)27-23(29)20-9-5-6-10-21(20)25-24(27)31-17-22(28)26-15-7-3-4-8-16-26/h5-6,9-14H,2-4,7-8,15-17H2,1H3. The van der Waals surface area contributed by atoms with Crippen molar-refractivity contribution in [3.8, 4) is 11.4 Å². The summed E-state index contributed by atoms with van der Waals surface area (Å²) in [6.45, 7) is 4.14. The van der Waals surface area contributed by atoms with E-state index in [-0.39, 0.29) is 17.2 Å². The minimum atomic E-state index is -0.139. The Kier molecular flexibility index (Phi) is 6.92. The molecule has 7 heteroatoms. The number of carbonyl (C=O) groups is 1. The SMILES string of the molecule is CCOc1ccc(-n2c(SCC(=O)N3CCCCCC3)nc3ccccc3c2=O)cc1. The molecule has 0 N–H and O–H groups in total. The van der Waals surface area contributed by atoms with Crippen molar-refractivity contribution >= 4 is 28.6 Å². The normalized spacial score (nSPS) is 14.4. The van der Waals surface area contributed by atoms with Crippen LogP contribution in [-0.2, 0) is 4.79 Å². The first kappa shape index (κ1) is 21.4. The van der Waals surface area contributed by atoms with Crippen LogP contribution in [0.5, 0.6) is 5.75 Å². The molecule has 0 bridgehead atoms. The van der Waals surface area contributed by atoms with Crippen LogP contribution in [0.3, 0.4) is 0 Å². The van der Waals surface area contributed by atoms with E-state index in [9.17, 15) is 9.59 Å². The smallest absolute Gasteiger partial charge is 0.266 e. The molecule has 2 aromatic carbocycles. The zero-order valence-electron chi connectivity index (χ0n) is 17.8. The lowest BCUT2D eigenvalue weighted by atomic mass is 10.2. The molecule has 0 spiro atoms. The van der Waals surface area contributed by atoms with Crippen molar-refractivity contribution in [2.75, 3.05) is 25.4 Å². The van der Waals surface area contributed by atoms with Gasteiger partial charge in [-0.3, -0.25) is 14.2 Å². The van der Waals surface area contributed by atoms with E-state index in [1.807, 2.05) is 54.3 Å². The summed E-state index contributed by atoms with van der Waals surface area (Å²) in [5, 5.41) is 1.08. The molecule has 31 heavy (non-hydrogen) atoms. The van der Waals surface area contributed by atoms with Crippen molar-refractivity contribution in [1.29, 1.82) is 0 Å². The summed E-state index contributed by atoms with van der Waals surface area (Å²) in [4.78, 5) is 32.8. The first-order chi connectivity index (χ1) is 15.2. The molecule has 1 aliphatic heterocycles. The zero-order chi connectivity index (χ0) is 21.6. The van der Waals surface area contributed by atoms with Crippen LogP contribution in [0, 0.1) is 0 Å². The summed E-state index contributed by atoms with van der Waals surface area (Å²) in [7, 11) is 0. The molecule has 1 aromatic heterocycles. The van der Waals surface area contributed by atoms with Crippen molar-refractivity contribution in [3.63, 3.8) is 0 Å². The van der Waals surface area contributed by atoms with Crippen molar-refractivity contribution in [3.05, 3.63) is 58.9 Å². The average molecular weight is 438 g/mol. The Morgan fingerprint density at radius 2 is 1.74 bits per heavy atom. The molecule has 4 rings (SSSR count). The van der Waals surface area contributed by atoms with Crippen molar-refractivity contribution in [1.82, 2.24) is 14.5 Å². The Bertz CT molecular complexity index is 1100. The number of carbonyl (C=O) groups excluding carboxylic acids is 1. The van der Waals surface area contributed by atoms with Crippen LogP contribution in [0.25, 0.3) is 16.6 Å². The number of fused-ring (bicyclic) bond motifs is 1. The maximum absolute atomic E-state index is 13.3. The van der Waals surface area contributed by atoms with Gasteiger partial charge in [0.25, 0.3) is 5.56 Å². The Morgan fingerprint density at radius 3 is 2.45 bits per heavy atom. The topological polar surface area (TPSA) is 64.4 Å². The molecule has 1 aliphatic rings. The Morgan fingerprint density at radius 1 is 1.03 bits per heavy atom. The summed E-state index contributed by atoms with van der Waals surface area (Å²) in [6.07, 6.45) is 4.48. The number of aromatic nitrogens is 2. The lowest BCUT2D eigenvalue weighted by Gasteiger charge is -2.20. The summed E-state index contributed by atoms with van der Waals surface area (Å²) in [6, 6.07) is 14.7. The lowest BCUT2D eigenvalue weighted by Crippen LogP contribution is -2.33. The van der Waals surface area contributed by atoms with E-state index in [0.717, 1.165) is 31.7 Å². The van der Waals surface area contributed by atoms with E-state index in [1.54, 1.807) is 10.6 Å².